The number of aliphatic carboxylic acids is 1. The SMILES string of the molecule is CC(C)CCC(=O)NCC(=O)N(C)C(C)C(=O)O. The molecule has 0 aliphatic heterocycles. The van der Waals surface area contributed by atoms with Gasteiger partial charge in [-0.1, -0.05) is 13.8 Å². The summed E-state index contributed by atoms with van der Waals surface area (Å²) in [6.07, 6.45) is 1.14. The Labute approximate surface area is 107 Å². The predicted octanol–water partition coefficient (Wildman–Crippen LogP) is 0.470. The highest BCUT2D eigenvalue weighted by molar-refractivity contribution is 5.87. The van der Waals surface area contributed by atoms with Crippen molar-refractivity contribution in [1.82, 2.24) is 10.2 Å². The van der Waals surface area contributed by atoms with Gasteiger partial charge in [-0.15, -0.1) is 0 Å². The van der Waals surface area contributed by atoms with E-state index in [0.717, 1.165) is 11.3 Å². The van der Waals surface area contributed by atoms with E-state index in [0.29, 0.717) is 12.3 Å². The molecular formula is C12H22N2O4. The zero-order chi connectivity index (χ0) is 14.3. The van der Waals surface area contributed by atoms with E-state index in [2.05, 4.69) is 5.32 Å². The lowest BCUT2D eigenvalue weighted by Gasteiger charge is -2.21. The molecule has 0 fully saturated rings. The fraction of sp³-hybridized carbons (Fsp3) is 0.750. The lowest BCUT2D eigenvalue weighted by molar-refractivity contribution is -0.148. The Morgan fingerprint density at radius 3 is 2.22 bits per heavy atom. The van der Waals surface area contributed by atoms with Gasteiger partial charge in [-0.2, -0.15) is 0 Å². The summed E-state index contributed by atoms with van der Waals surface area (Å²) >= 11 is 0. The molecule has 0 rings (SSSR count). The molecule has 0 aromatic rings. The summed E-state index contributed by atoms with van der Waals surface area (Å²) in [6.45, 7) is 5.29. The molecule has 2 amide bonds. The number of amides is 2. The van der Waals surface area contributed by atoms with Crippen molar-refractivity contribution in [2.75, 3.05) is 13.6 Å². The second-order valence-corrected chi connectivity index (χ2v) is 4.73. The molecule has 1 atom stereocenters. The van der Waals surface area contributed by atoms with E-state index in [1.165, 1.54) is 14.0 Å². The van der Waals surface area contributed by atoms with Crippen molar-refractivity contribution >= 4 is 17.8 Å². The number of hydrogen-bond donors (Lipinski definition) is 2. The van der Waals surface area contributed by atoms with Gasteiger partial charge in [0.05, 0.1) is 6.54 Å². The highest BCUT2D eigenvalue weighted by Gasteiger charge is 2.21. The number of rotatable bonds is 7. The van der Waals surface area contributed by atoms with Crippen LogP contribution in [0.1, 0.15) is 33.6 Å². The normalized spacial score (nSPS) is 12.1. The number of carbonyl (C=O) groups is 3. The minimum Gasteiger partial charge on any atom is -0.480 e. The van der Waals surface area contributed by atoms with Gasteiger partial charge in [-0.25, -0.2) is 4.79 Å². The van der Waals surface area contributed by atoms with Crippen molar-refractivity contribution in [3.8, 4) is 0 Å². The average molecular weight is 258 g/mol. The number of hydrogen-bond acceptors (Lipinski definition) is 3. The van der Waals surface area contributed by atoms with Crippen molar-refractivity contribution < 1.29 is 19.5 Å². The first-order valence-corrected chi connectivity index (χ1v) is 6.00. The van der Waals surface area contributed by atoms with Gasteiger partial charge in [0.25, 0.3) is 0 Å². The second kappa shape index (κ2) is 7.68. The third-order valence-corrected chi connectivity index (χ3v) is 2.72. The maximum Gasteiger partial charge on any atom is 0.326 e. The van der Waals surface area contributed by atoms with Crippen LogP contribution in [0.2, 0.25) is 0 Å². The lowest BCUT2D eigenvalue weighted by atomic mass is 10.1. The highest BCUT2D eigenvalue weighted by Crippen LogP contribution is 2.02. The van der Waals surface area contributed by atoms with Crippen LogP contribution < -0.4 is 5.32 Å². The van der Waals surface area contributed by atoms with Crippen molar-refractivity contribution in [2.24, 2.45) is 5.92 Å². The number of carbonyl (C=O) groups excluding carboxylic acids is 2. The van der Waals surface area contributed by atoms with E-state index >= 15 is 0 Å². The molecule has 0 aromatic heterocycles. The molecule has 0 heterocycles. The van der Waals surface area contributed by atoms with Crippen LogP contribution in [-0.4, -0.2) is 47.4 Å². The van der Waals surface area contributed by atoms with Crippen LogP contribution in [0, 0.1) is 5.92 Å². The van der Waals surface area contributed by atoms with Crippen LogP contribution >= 0.6 is 0 Å². The first-order valence-electron chi connectivity index (χ1n) is 6.00. The van der Waals surface area contributed by atoms with E-state index in [9.17, 15) is 14.4 Å². The first kappa shape index (κ1) is 16.4. The molecule has 6 heteroatoms. The smallest absolute Gasteiger partial charge is 0.326 e. The maximum atomic E-state index is 11.6. The summed E-state index contributed by atoms with van der Waals surface area (Å²) in [5, 5.41) is 11.2. The molecule has 1 unspecified atom stereocenters. The van der Waals surface area contributed by atoms with Crippen LogP contribution in [0.3, 0.4) is 0 Å². The number of carboxylic acid groups (broad SMARTS) is 1. The van der Waals surface area contributed by atoms with Gasteiger partial charge in [0.15, 0.2) is 0 Å². The fourth-order valence-corrected chi connectivity index (χ4v) is 1.19. The van der Waals surface area contributed by atoms with Gasteiger partial charge in [0.1, 0.15) is 6.04 Å². The summed E-state index contributed by atoms with van der Waals surface area (Å²) in [6, 6.07) is -0.898. The number of likely N-dealkylation sites (N-methyl/N-ethyl adjacent to an activating group) is 1. The van der Waals surface area contributed by atoms with E-state index in [1.807, 2.05) is 13.8 Å². The van der Waals surface area contributed by atoms with Gasteiger partial charge in [0.2, 0.25) is 11.8 Å². The minimum atomic E-state index is -1.07. The van der Waals surface area contributed by atoms with Gasteiger partial charge < -0.3 is 15.3 Å². The highest BCUT2D eigenvalue weighted by atomic mass is 16.4. The van der Waals surface area contributed by atoms with Crippen molar-refractivity contribution in [1.29, 1.82) is 0 Å². The molecule has 0 radical (unpaired) electrons. The third kappa shape index (κ3) is 6.22. The van der Waals surface area contributed by atoms with E-state index < -0.39 is 17.9 Å². The molecule has 0 spiro atoms. The Hall–Kier alpha value is -1.59. The molecule has 6 nitrogen and oxygen atoms in total. The monoisotopic (exact) mass is 258 g/mol. The van der Waals surface area contributed by atoms with E-state index in [1.54, 1.807) is 0 Å². The Bertz CT molecular complexity index is 315. The molecule has 104 valence electrons. The Balaban J connectivity index is 4.03. The van der Waals surface area contributed by atoms with Gasteiger partial charge >= 0.3 is 5.97 Å². The van der Waals surface area contributed by atoms with Crippen molar-refractivity contribution in [3.05, 3.63) is 0 Å². The quantitative estimate of drug-likeness (QED) is 0.695. The maximum absolute atomic E-state index is 11.6. The average Bonchev–Trinajstić information content (AvgIpc) is 2.31. The molecule has 0 saturated carbocycles. The number of carboxylic acids is 1. The molecule has 0 aliphatic rings. The standard InChI is InChI=1S/C12H22N2O4/c1-8(2)5-6-10(15)13-7-11(16)14(4)9(3)12(17)18/h8-9H,5-7H2,1-4H3,(H,13,15)(H,17,18). The predicted molar refractivity (Wildman–Crippen MR) is 66.9 cm³/mol. The molecular weight excluding hydrogens is 236 g/mol. The van der Waals surface area contributed by atoms with Crippen molar-refractivity contribution in [2.45, 2.75) is 39.7 Å². The third-order valence-electron chi connectivity index (χ3n) is 2.72. The lowest BCUT2D eigenvalue weighted by Crippen LogP contribution is -2.45. The molecule has 0 aliphatic carbocycles. The zero-order valence-electron chi connectivity index (χ0n) is 11.4. The molecule has 0 bridgehead atoms. The minimum absolute atomic E-state index is 0.162. The molecule has 2 N–H and O–H groups in total. The fourth-order valence-electron chi connectivity index (χ4n) is 1.19. The Morgan fingerprint density at radius 1 is 1.22 bits per heavy atom. The largest absolute Gasteiger partial charge is 0.480 e. The van der Waals surface area contributed by atoms with Crippen molar-refractivity contribution in [3.63, 3.8) is 0 Å². The summed E-state index contributed by atoms with van der Waals surface area (Å²) in [4.78, 5) is 34.7. The molecule has 0 aromatic carbocycles. The van der Waals surface area contributed by atoms with Crippen LogP contribution in [-0.2, 0) is 14.4 Å². The Morgan fingerprint density at radius 2 is 1.78 bits per heavy atom. The topological polar surface area (TPSA) is 86.7 Å². The summed E-state index contributed by atoms with van der Waals surface area (Å²) < 4.78 is 0. The summed E-state index contributed by atoms with van der Waals surface area (Å²) in [5.74, 6) is -1.24. The van der Waals surface area contributed by atoms with Gasteiger partial charge in [0, 0.05) is 13.5 Å². The van der Waals surface area contributed by atoms with E-state index in [-0.39, 0.29) is 12.5 Å². The van der Waals surface area contributed by atoms with Crippen LogP contribution in [0.5, 0.6) is 0 Å². The number of nitrogens with one attached hydrogen (secondary N) is 1. The zero-order valence-corrected chi connectivity index (χ0v) is 11.4. The number of nitrogens with zero attached hydrogens (tertiary/aromatic N) is 1. The van der Waals surface area contributed by atoms with Gasteiger partial charge in [-0.05, 0) is 19.3 Å². The second-order valence-electron chi connectivity index (χ2n) is 4.73. The van der Waals surface area contributed by atoms with Crippen LogP contribution in [0.4, 0.5) is 0 Å². The van der Waals surface area contributed by atoms with Crippen LogP contribution in [0.15, 0.2) is 0 Å². The first-order chi connectivity index (χ1) is 8.25. The molecule has 0 saturated heterocycles. The van der Waals surface area contributed by atoms with Crippen LogP contribution in [0.25, 0.3) is 0 Å². The van der Waals surface area contributed by atoms with Gasteiger partial charge in [-0.3, -0.25) is 9.59 Å². The summed E-state index contributed by atoms with van der Waals surface area (Å²) in [7, 11) is 1.40. The Kier molecular flexibility index (Phi) is 7.00. The summed E-state index contributed by atoms with van der Waals surface area (Å²) in [5.41, 5.74) is 0. The molecule has 18 heavy (non-hydrogen) atoms. The van der Waals surface area contributed by atoms with E-state index in [4.69, 9.17) is 5.11 Å².